The number of hydrogen-bond acceptors (Lipinski definition) is 5. The van der Waals surface area contributed by atoms with Gasteiger partial charge in [0, 0.05) is 25.5 Å². The van der Waals surface area contributed by atoms with E-state index in [1.165, 1.54) is 4.68 Å². The molecule has 0 aliphatic heterocycles. The summed E-state index contributed by atoms with van der Waals surface area (Å²) in [5, 5.41) is 6.08. The van der Waals surface area contributed by atoms with Crippen LogP contribution in [0.3, 0.4) is 0 Å². The Balaban J connectivity index is 1.71. The predicted octanol–water partition coefficient (Wildman–Crippen LogP) is 8.00. The van der Waals surface area contributed by atoms with Crippen molar-refractivity contribution < 1.29 is 9.47 Å². The van der Waals surface area contributed by atoms with Crippen LogP contribution in [0.4, 0.5) is 0 Å². The van der Waals surface area contributed by atoms with Gasteiger partial charge in [-0.2, -0.15) is 9.78 Å². The van der Waals surface area contributed by atoms with Crippen LogP contribution in [0.5, 0.6) is 11.5 Å². The number of rotatable bonds is 6. The molecule has 0 atom stereocenters. The Morgan fingerprint density at radius 2 is 1.84 bits per heavy atom. The molecule has 37 heavy (non-hydrogen) atoms. The average molecular weight is 668 g/mol. The highest BCUT2D eigenvalue weighted by atomic mass is 79.9. The van der Waals surface area contributed by atoms with E-state index in [9.17, 15) is 4.79 Å². The highest BCUT2D eigenvalue weighted by molar-refractivity contribution is 9.10. The van der Waals surface area contributed by atoms with Gasteiger partial charge in [0.2, 0.25) is 0 Å². The summed E-state index contributed by atoms with van der Waals surface area (Å²) in [6.45, 7) is 6.19. The molecule has 0 fully saturated rings. The molecule has 6 nitrogen and oxygen atoms in total. The molecule has 0 saturated carbocycles. The fourth-order valence-electron chi connectivity index (χ4n) is 3.61. The third-order valence-electron chi connectivity index (χ3n) is 5.44. The summed E-state index contributed by atoms with van der Waals surface area (Å²) >= 11 is 19.3. The average Bonchev–Trinajstić information content (AvgIpc) is 2.83. The van der Waals surface area contributed by atoms with Crippen molar-refractivity contribution in [2.75, 3.05) is 7.11 Å². The highest BCUT2D eigenvalue weighted by Crippen LogP contribution is 2.37. The van der Waals surface area contributed by atoms with Gasteiger partial charge in [0.05, 0.1) is 28.7 Å². The third kappa shape index (κ3) is 6.20. The van der Waals surface area contributed by atoms with E-state index < -0.39 is 5.41 Å². The quantitative estimate of drug-likeness (QED) is 0.196. The summed E-state index contributed by atoms with van der Waals surface area (Å²) in [5.41, 5.74) is 1.43. The second-order valence-corrected chi connectivity index (χ2v) is 11.9. The summed E-state index contributed by atoms with van der Waals surface area (Å²) < 4.78 is 14.4. The summed E-state index contributed by atoms with van der Waals surface area (Å²) in [5.74, 6) is 1.55. The molecule has 0 radical (unpaired) electrons. The number of benzene rings is 3. The van der Waals surface area contributed by atoms with Crippen LogP contribution in [0.1, 0.15) is 37.7 Å². The van der Waals surface area contributed by atoms with Crippen molar-refractivity contribution >= 4 is 72.2 Å². The largest absolute Gasteiger partial charge is 0.493 e. The van der Waals surface area contributed by atoms with Crippen LogP contribution in [-0.2, 0) is 12.0 Å². The van der Waals surface area contributed by atoms with Gasteiger partial charge in [0.15, 0.2) is 11.5 Å². The van der Waals surface area contributed by atoms with E-state index in [1.807, 2.05) is 45.0 Å². The SMILES string of the molecule is COc1cc(C=Nn2c(C(C)(C)C)nc3ccc(Br)cc3c2=O)cc(Br)c1OCc1ccc(Cl)cc1Cl. The summed E-state index contributed by atoms with van der Waals surface area (Å²) in [7, 11) is 1.55. The maximum atomic E-state index is 13.4. The van der Waals surface area contributed by atoms with E-state index in [2.05, 4.69) is 37.0 Å². The second kappa shape index (κ2) is 11.2. The van der Waals surface area contributed by atoms with E-state index in [0.29, 0.717) is 48.3 Å². The van der Waals surface area contributed by atoms with E-state index in [1.54, 1.807) is 37.6 Å². The van der Waals surface area contributed by atoms with Crippen LogP contribution in [-0.4, -0.2) is 23.0 Å². The van der Waals surface area contributed by atoms with Crippen molar-refractivity contribution in [3.63, 3.8) is 0 Å². The zero-order valence-corrected chi connectivity index (χ0v) is 25.2. The number of halogens is 4. The molecule has 0 N–H and O–H groups in total. The number of methoxy groups -OCH3 is 1. The summed E-state index contributed by atoms with van der Waals surface area (Å²) in [6, 6.07) is 14.3. The molecule has 0 aliphatic carbocycles. The Hall–Kier alpha value is -2.39. The molecule has 4 aromatic rings. The highest BCUT2D eigenvalue weighted by Gasteiger charge is 2.23. The van der Waals surface area contributed by atoms with Crippen molar-refractivity contribution in [3.05, 3.63) is 94.8 Å². The van der Waals surface area contributed by atoms with Gasteiger partial charge >= 0.3 is 0 Å². The first-order valence-electron chi connectivity index (χ1n) is 11.2. The van der Waals surface area contributed by atoms with Gasteiger partial charge in [-0.15, -0.1) is 0 Å². The molecular formula is C27H23Br2Cl2N3O3. The van der Waals surface area contributed by atoms with Gasteiger partial charge in [0.25, 0.3) is 5.56 Å². The number of fused-ring (bicyclic) bond motifs is 1. The first kappa shape index (κ1) is 27.6. The lowest BCUT2D eigenvalue weighted by molar-refractivity contribution is 0.282. The maximum absolute atomic E-state index is 13.4. The molecular weight excluding hydrogens is 645 g/mol. The van der Waals surface area contributed by atoms with Crippen molar-refractivity contribution in [1.29, 1.82) is 0 Å². The van der Waals surface area contributed by atoms with Crippen LogP contribution < -0.4 is 15.0 Å². The normalized spacial score (nSPS) is 11.9. The number of hydrogen-bond donors (Lipinski definition) is 0. The standard InChI is InChI=1S/C27H23Br2Cl2N3O3/c1-27(2,3)26-33-22-8-6-17(28)11-19(22)25(35)34(26)32-13-15-9-20(29)24(23(10-15)36-4)37-14-16-5-7-18(30)12-21(16)31/h5-13H,14H2,1-4H3. The van der Waals surface area contributed by atoms with Gasteiger partial charge in [0.1, 0.15) is 12.4 Å². The lowest BCUT2D eigenvalue weighted by Gasteiger charge is -2.21. The molecule has 0 bridgehead atoms. The monoisotopic (exact) mass is 665 g/mol. The van der Waals surface area contributed by atoms with E-state index in [0.717, 1.165) is 10.0 Å². The van der Waals surface area contributed by atoms with Gasteiger partial charge in [-0.25, -0.2) is 4.98 Å². The molecule has 192 valence electrons. The van der Waals surface area contributed by atoms with Gasteiger partial charge in [-0.3, -0.25) is 4.79 Å². The minimum absolute atomic E-state index is 0.223. The number of ether oxygens (including phenoxy) is 2. The van der Waals surface area contributed by atoms with Crippen LogP contribution >= 0.6 is 55.1 Å². The zero-order valence-electron chi connectivity index (χ0n) is 20.5. The fourth-order valence-corrected chi connectivity index (χ4v) is 5.01. The molecule has 0 saturated heterocycles. The predicted molar refractivity (Wildman–Crippen MR) is 157 cm³/mol. The van der Waals surface area contributed by atoms with Crippen LogP contribution in [0, 0.1) is 0 Å². The van der Waals surface area contributed by atoms with Crippen LogP contribution in [0.2, 0.25) is 10.0 Å². The Bertz CT molecular complexity index is 1580. The van der Waals surface area contributed by atoms with Crippen molar-refractivity contribution in [3.8, 4) is 11.5 Å². The third-order valence-corrected chi connectivity index (χ3v) is 7.11. The Labute approximate surface area is 241 Å². The first-order valence-corrected chi connectivity index (χ1v) is 13.5. The van der Waals surface area contributed by atoms with Gasteiger partial charge in [-0.1, -0.05) is 66.0 Å². The smallest absolute Gasteiger partial charge is 0.282 e. The second-order valence-electron chi connectivity index (χ2n) is 9.27. The zero-order chi connectivity index (χ0) is 26.9. The Morgan fingerprint density at radius 1 is 1.08 bits per heavy atom. The molecule has 10 heteroatoms. The van der Waals surface area contributed by atoms with E-state index in [-0.39, 0.29) is 12.2 Å². The molecule has 4 rings (SSSR count). The molecule has 0 spiro atoms. The number of aromatic nitrogens is 2. The van der Waals surface area contributed by atoms with Crippen molar-refractivity contribution in [1.82, 2.24) is 9.66 Å². The van der Waals surface area contributed by atoms with Crippen LogP contribution in [0.15, 0.2) is 67.4 Å². The lowest BCUT2D eigenvalue weighted by atomic mass is 9.95. The molecule has 0 aliphatic rings. The summed E-state index contributed by atoms with van der Waals surface area (Å²) in [6.07, 6.45) is 1.59. The molecule has 0 unspecified atom stereocenters. The molecule has 1 aromatic heterocycles. The summed E-state index contributed by atoms with van der Waals surface area (Å²) in [4.78, 5) is 18.1. The van der Waals surface area contributed by atoms with E-state index >= 15 is 0 Å². The fraction of sp³-hybridized carbons (Fsp3) is 0.222. The Morgan fingerprint density at radius 3 is 2.51 bits per heavy atom. The topological polar surface area (TPSA) is 65.7 Å². The van der Waals surface area contributed by atoms with Gasteiger partial charge in [-0.05, 0) is 64.0 Å². The lowest BCUT2D eigenvalue weighted by Crippen LogP contribution is -2.29. The molecule has 1 heterocycles. The van der Waals surface area contributed by atoms with Gasteiger partial charge < -0.3 is 9.47 Å². The van der Waals surface area contributed by atoms with Crippen molar-refractivity contribution in [2.45, 2.75) is 32.8 Å². The first-order chi connectivity index (χ1) is 17.5. The van der Waals surface area contributed by atoms with E-state index in [4.69, 9.17) is 37.7 Å². The molecule has 3 aromatic carbocycles. The maximum Gasteiger partial charge on any atom is 0.282 e. The molecule has 0 amide bonds. The van der Waals surface area contributed by atoms with Crippen LogP contribution in [0.25, 0.3) is 10.9 Å². The number of nitrogens with zero attached hydrogens (tertiary/aromatic N) is 3. The minimum atomic E-state index is -0.420. The Kier molecular flexibility index (Phi) is 8.33. The van der Waals surface area contributed by atoms with Crippen molar-refractivity contribution in [2.24, 2.45) is 5.10 Å². The minimum Gasteiger partial charge on any atom is -0.493 e.